The average Bonchev–Trinajstić information content (AvgIpc) is 1.78. The Kier molecular flexibility index (Phi) is 1.81. The van der Waals surface area contributed by atoms with Crippen molar-refractivity contribution < 1.29 is 4.74 Å². The normalized spacial score (nSPS) is 34.2. The molecule has 0 atom stereocenters. The minimum Gasteiger partial charge on any atom is -0.366 e. The third-order valence-electron chi connectivity index (χ3n) is 3.09. The highest BCUT2D eigenvalue weighted by molar-refractivity contribution is 5.06. The number of morpholine rings is 1. The summed E-state index contributed by atoms with van der Waals surface area (Å²) >= 11 is 0. The van der Waals surface area contributed by atoms with E-state index in [1.165, 1.54) is 12.8 Å². The maximum atomic E-state index is 6.17. The zero-order valence-electron chi connectivity index (χ0n) is 9.24. The highest BCUT2D eigenvalue weighted by Crippen LogP contribution is 2.52. The van der Waals surface area contributed by atoms with Crippen LogP contribution in [0.2, 0.25) is 0 Å². The predicted octanol–water partition coefficient (Wildman–Crippen LogP) is 1.94. The van der Waals surface area contributed by atoms with E-state index in [1.54, 1.807) is 0 Å². The van der Waals surface area contributed by atoms with E-state index in [9.17, 15) is 0 Å². The first-order chi connectivity index (χ1) is 5.83. The van der Waals surface area contributed by atoms with E-state index in [0.717, 1.165) is 13.1 Å². The number of ether oxygens (including phenoxy) is 1. The Morgan fingerprint density at radius 2 is 1.62 bits per heavy atom. The Hall–Kier alpha value is -0.0800. The molecule has 1 aliphatic heterocycles. The van der Waals surface area contributed by atoms with Gasteiger partial charge in [0.2, 0.25) is 0 Å². The molecule has 13 heavy (non-hydrogen) atoms. The highest BCUT2D eigenvalue weighted by atomic mass is 16.5. The molecule has 0 bridgehead atoms. The van der Waals surface area contributed by atoms with Gasteiger partial charge in [-0.25, -0.2) is 0 Å². The van der Waals surface area contributed by atoms with Crippen LogP contribution in [0, 0.1) is 5.41 Å². The van der Waals surface area contributed by atoms with Crippen LogP contribution in [0.3, 0.4) is 0 Å². The Balaban J connectivity index is 2.02. The second-order valence-electron chi connectivity index (χ2n) is 6.17. The lowest BCUT2D eigenvalue weighted by molar-refractivity contribution is -0.231. The first kappa shape index (κ1) is 9.47. The van der Waals surface area contributed by atoms with Crippen LogP contribution in [0.1, 0.15) is 40.5 Å². The monoisotopic (exact) mass is 183 g/mol. The maximum absolute atomic E-state index is 6.17. The van der Waals surface area contributed by atoms with Crippen molar-refractivity contribution in [1.29, 1.82) is 0 Å². The fourth-order valence-corrected chi connectivity index (χ4v) is 3.14. The molecular formula is C11H21NO. The molecule has 2 heteroatoms. The molecule has 0 aromatic rings. The van der Waals surface area contributed by atoms with Gasteiger partial charge in [0.25, 0.3) is 0 Å². The second kappa shape index (κ2) is 2.48. The van der Waals surface area contributed by atoms with Gasteiger partial charge in [-0.1, -0.05) is 13.8 Å². The lowest BCUT2D eigenvalue weighted by atomic mass is 9.60. The molecular weight excluding hydrogens is 162 g/mol. The van der Waals surface area contributed by atoms with E-state index in [0.29, 0.717) is 5.41 Å². The summed E-state index contributed by atoms with van der Waals surface area (Å²) in [5.74, 6) is 0. The van der Waals surface area contributed by atoms with Crippen LogP contribution in [0.25, 0.3) is 0 Å². The molecule has 0 unspecified atom stereocenters. The van der Waals surface area contributed by atoms with E-state index in [-0.39, 0.29) is 11.2 Å². The quantitative estimate of drug-likeness (QED) is 0.619. The summed E-state index contributed by atoms with van der Waals surface area (Å²) in [6.45, 7) is 11.0. The lowest BCUT2D eigenvalue weighted by Gasteiger charge is -2.58. The van der Waals surface area contributed by atoms with Crippen molar-refractivity contribution in [3.05, 3.63) is 0 Å². The van der Waals surface area contributed by atoms with Crippen LogP contribution in [0.4, 0.5) is 0 Å². The Labute approximate surface area is 81.0 Å². The van der Waals surface area contributed by atoms with Gasteiger partial charge in [0.1, 0.15) is 0 Å². The average molecular weight is 183 g/mol. The van der Waals surface area contributed by atoms with Crippen LogP contribution in [0.15, 0.2) is 0 Å². The molecule has 0 amide bonds. The van der Waals surface area contributed by atoms with Crippen molar-refractivity contribution in [2.24, 2.45) is 5.41 Å². The molecule has 0 aromatic heterocycles. The summed E-state index contributed by atoms with van der Waals surface area (Å²) in [5, 5.41) is 3.48. The minimum absolute atomic E-state index is 0.0226. The van der Waals surface area contributed by atoms with Gasteiger partial charge in [-0.3, -0.25) is 0 Å². The third-order valence-corrected chi connectivity index (χ3v) is 3.09. The van der Waals surface area contributed by atoms with Crippen LogP contribution >= 0.6 is 0 Å². The molecule has 1 N–H and O–H groups in total. The second-order valence-corrected chi connectivity index (χ2v) is 6.17. The van der Waals surface area contributed by atoms with Gasteiger partial charge in [-0.2, -0.15) is 0 Å². The molecule has 1 saturated heterocycles. The predicted molar refractivity (Wildman–Crippen MR) is 53.8 cm³/mol. The smallest absolute Gasteiger partial charge is 0.0824 e. The molecule has 2 fully saturated rings. The van der Waals surface area contributed by atoms with Gasteiger partial charge >= 0.3 is 0 Å². The zero-order valence-corrected chi connectivity index (χ0v) is 9.24. The van der Waals surface area contributed by atoms with E-state index in [1.807, 2.05) is 0 Å². The zero-order chi connectivity index (χ0) is 9.74. The van der Waals surface area contributed by atoms with Gasteiger partial charge in [0, 0.05) is 13.1 Å². The SMILES string of the molecule is CC1(C)CC2(CNCC(C)(C)O2)C1. The number of nitrogens with one attached hydrogen (secondary N) is 1. The molecule has 2 rings (SSSR count). The van der Waals surface area contributed by atoms with E-state index >= 15 is 0 Å². The molecule has 1 heterocycles. The topological polar surface area (TPSA) is 21.3 Å². The summed E-state index contributed by atoms with van der Waals surface area (Å²) in [6, 6.07) is 0. The molecule has 0 aromatic carbocycles. The van der Waals surface area contributed by atoms with Gasteiger partial charge in [0.05, 0.1) is 11.2 Å². The fraction of sp³-hybridized carbons (Fsp3) is 1.00. The summed E-state index contributed by atoms with van der Waals surface area (Å²) in [5.41, 5.74) is 0.676. The van der Waals surface area contributed by atoms with Crippen LogP contribution in [0.5, 0.6) is 0 Å². The molecule has 0 radical (unpaired) electrons. The molecule has 1 saturated carbocycles. The van der Waals surface area contributed by atoms with Gasteiger partial charge in [-0.15, -0.1) is 0 Å². The number of rotatable bonds is 0. The van der Waals surface area contributed by atoms with Crippen molar-refractivity contribution >= 4 is 0 Å². The van der Waals surface area contributed by atoms with Crippen molar-refractivity contribution in [1.82, 2.24) is 5.32 Å². The molecule has 2 nitrogen and oxygen atoms in total. The van der Waals surface area contributed by atoms with Crippen molar-refractivity contribution in [3.63, 3.8) is 0 Å². The number of hydrogen-bond acceptors (Lipinski definition) is 2. The molecule has 1 spiro atoms. The van der Waals surface area contributed by atoms with E-state index < -0.39 is 0 Å². The Bertz CT molecular complexity index is 212. The fourth-order valence-electron chi connectivity index (χ4n) is 3.14. The first-order valence-corrected chi connectivity index (χ1v) is 5.24. The third kappa shape index (κ3) is 1.75. The van der Waals surface area contributed by atoms with Crippen LogP contribution in [-0.2, 0) is 4.74 Å². The van der Waals surface area contributed by atoms with Crippen LogP contribution in [-0.4, -0.2) is 24.3 Å². The highest BCUT2D eigenvalue weighted by Gasteiger charge is 2.53. The Morgan fingerprint density at radius 1 is 1.00 bits per heavy atom. The summed E-state index contributed by atoms with van der Waals surface area (Å²) in [4.78, 5) is 0. The van der Waals surface area contributed by atoms with Gasteiger partial charge in [0.15, 0.2) is 0 Å². The largest absolute Gasteiger partial charge is 0.366 e. The maximum Gasteiger partial charge on any atom is 0.0824 e. The summed E-state index contributed by atoms with van der Waals surface area (Å²) in [7, 11) is 0. The van der Waals surface area contributed by atoms with Crippen molar-refractivity contribution in [2.45, 2.75) is 51.7 Å². The van der Waals surface area contributed by atoms with Crippen LogP contribution < -0.4 is 5.32 Å². The summed E-state index contributed by atoms with van der Waals surface area (Å²) < 4.78 is 6.17. The van der Waals surface area contributed by atoms with Crippen molar-refractivity contribution in [2.75, 3.05) is 13.1 Å². The standard InChI is InChI=1S/C11H21NO/c1-9(2)5-11(6-9)8-12-7-10(3,4)13-11/h12H,5-8H2,1-4H3. The van der Waals surface area contributed by atoms with Gasteiger partial charge < -0.3 is 10.1 Å². The Morgan fingerprint density at radius 3 is 2.08 bits per heavy atom. The minimum atomic E-state index is 0.0226. The van der Waals surface area contributed by atoms with Crippen molar-refractivity contribution in [3.8, 4) is 0 Å². The molecule has 1 aliphatic carbocycles. The summed E-state index contributed by atoms with van der Waals surface area (Å²) in [6.07, 6.45) is 2.41. The molecule has 76 valence electrons. The lowest BCUT2D eigenvalue weighted by Crippen LogP contribution is -2.65. The first-order valence-electron chi connectivity index (χ1n) is 5.24. The van der Waals surface area contributed by atoms with Gasteiger partial charge in [-0.05, 0) is 32.1 Å². The number of hydrogen-bond donors (Lipinski definition) is 1. The van der Waals surface area contributed by atoms with E-state index in [2.05, 4.69) is 33.0 Å². The van der Waals surface area contributed by atoms with E-state index in [4.69, 9.17) is 4.74 Å². The molecule has 2 aliphatic rings.